The van der Waals surface area contributed by atoms with Crippen LogP contribution in [0.3, 0.4) is 0 Å². The van der Waals surface area contributed by atoms with E-state index < -0.39 is 0 Å². The molecule has 1 amide bonds. The Labute approximate surface area is 122 Å². The summed E-state index contributed by atoms with van der Waals surface area (Å²) >= 11 is 0. The Balaban J connectivity index is 1.40. The number of hydrogen-bond acceptors (Lipinski definition) is 6. The van der Waals surface area contributed by atoms with Gasteiger partial charge in [-0.3, -0.25) is 4.98 Å². The van der Waals surface area contributed by atoms with Crippen molar-refractivity contribution >= 4 is 12.0 Å². The van der Waals surface area contributed by atoms with Crippen molar-refractivity contribution in [3.05, 3.63) is 48.5 Å². The van der Waals surface area contributed by atoms with Crippen LogP contribution in [-0.2, 0) is 11.3 Å². The molecule has 108 valence electrons. The van der Waals surface area contributed by atoms with Crippen LogP contribution in [0, 0.1) is 0 Å². The van der Waals surface area contributed by atoms with Gasteiger partial charge in [0.1, 0.15) is 6.61 Å². The van der Waals surface area contributed by atoms with Gasteiger partial charge in [0.25, 0.3) is 0 Å². The van der Waals surface area contributed by atoms with Gasteiger partial charge in [-0.15, -0.1) is 0 Å². The summed E-state index contributed by atoms with van der Waals surface area (Å²) in [6, 6.07) is 5.57. The number of pyridine rings is 1. The molecule has 0 spiro atoms. The van der Waals surface area contributed by atoms with Gasteiger partial charge in [-0.1, -0.05) is 0 Å². The highest BCUT2D eigenvalue weighted by atomic mass is 16.6. The average molecular weight is 285 g/mol. The van der Waals surface area contributed by atoms with Gasteiger partial charge in [0.2, 0.25) is 5.95 Å². The van der Waals surface area contributed by atoms with Gasteiger partial charge in [-0.2, -0.15) is 0 Å². The molecule has 1 N–H and O–H groups in total. The Hall–Kier alpha value is -2.70. The number of nitrogens with zero attached hydrogens (tertiary/aromatic N) is 4. The molecule has 21 heavy (non-hydrogen) atoms. The summed E-state index contributed by atoms with van der Waals surface area (Å²) in [6.07, 6.45) is 6.39. The second kappa shape index (κ2) is 6.17. The highest BCUT2D eigenvalue weighted by Crippen LogP contribution is 2.14. The second-order valence-corrected chi connectivity index (χ2v) is 4.73. The maximum atomic E-state index is 11.8. The number of rotatable bonds is 4. The van der Waals surface area contributed by atoms with Gasteiger partial charge in [0, 0.05) is 37.9 Å². The number of carbonyl (C=O) groups excluding carboxylic acids is 1. The molecule has 7 heteroatoms. The number of likely N-dealkylation sites (tertiary alicyclic amines) is 1. The molecule has 0 aliphatic carbocycles. The fourth-order valence-electron chi connectivity index (χ4n) is 1.99. The number of hydrogen-bond donors (Lipinski definition) is 1. The number of aromatic nitrogens is 3. The lowest BCUT2D eigenvalue weighted by molar-refractivity contribution is 0.0704. The molecule has 1 fully saturated rings. The van der Waals surface area contributed by atoms with Crippen molar-refractivity contribution in [2.75, 3.05) is 18.4 Å². The van der Waals surface area contributed by atoms with Crippen molar-refractivity contribution in [2.45, 2.75) is 12.6 Å². The minimum atomic E-state index is -0.307. The summed E-state index contributed by atoms with van der Waals surface area (Å²) in [6.45, 7) is 1.44. The predicted octanol–water partition coefficient (Wildman–Crippen LogP) is 1.30. The molecule has 3 heterocycles. The maximum absolute atomic E-state index is 11.8. The number of carbonyl (C=O) groups is 1. The molecular weight excluding hydrogens is 270 g/mol. The first kappa shape index (κ1) is 13.3. The van der Waals surface area contributed by atoms with Gasteiger partial charge < -0.3 is 15.0 Å². The molecule has 0 unspecified atom stereocenters. The molecule has 3 rings (SSSR count). The minimum Gasteiger partial charge on any atom is -0.445 e. The largest absolute Gasteiger partial charge is 0.445 e. The first-order valence-corrected chi connectivity index (χ1v) is 6.65. The third-order valence-electron chi connectivity index (χ3n) is 3.15. The topological polar surface area (TPSA) is 80.2 Å². The van der Waals surface area contributed by atoms with E-state index in [0.717, 1.165) is 5.56 Å². The molecule has 0 aromatic carbocycles. The summed E-state index contributed by atoms with van der Waals surface area (Å²) in [5.74, 6) is 0.576. The SMILES string of the molecule is O=C(OCc1ccncc1)N1CC(Nc2ncccn2)C1. The molecule has 0 saturated carbocycles. The zero-order valence-electron chi connectivity index (χ0n) is 11.3. The summed E-state index contributed by atoms with van der Waals surface area (Å²) in [7, 11) is 0. The van der Waals surface area contributed by atoms with E-state index in [1.165, 1.54) is 0 Å². The number of amides is 1. The van der Waals surface area contributed by atoms with E-state index >= 15 is 0 Å². The van der Waals surface area contributed by atoms with Crippen molar-refractivity contribution in [1.82, 2.24) is 19.9 Å². The molecule has 1 aliphatic rings. The average Bonchev–Trinajstić information content (AvgIpc) is 2.50. The van der Waals surface area contributed by atoms with Crippen molar-refractivity contribution in [3.8, 4) is 0 Å². The Bertz CT molecular complexity index is 587. The van der Waals surface area contributed by atoms with E-state index in [-0.39, 0.29) is 18.7 Å². The molecule has 2 aromatic heterocycles. The molecule has 1 saturated heterocycles. The van der Waals surface area contributed by atoms with E-state index in [9.17, 15) is 4.79 Å². The van der Waals surface area contributed by atoms with Crippen LogP contribution in [0.25, 0.3) is 0 Å². The van der Waals surface area contributed by atoms with Gasteiger partial charge in [0.05, 0.1) is 6.04 Å². The van der Waals surface area contributed by atoms with Crippen molar-refractivity contribution in [2.24, 2.45) is 0 Å². The van der Waals surface area contributed by atoms with Crippen LogP contribution in [0.2, 0.25) is 0 Å². The van der Waals surface area contributed by atoms with Crippen molar-refractivity contribution in [3.63, 3.8) is 0 Å². The third-order valence-corrected chi connectivity index (χ3v) is 3.15. The first-order chi connectivity index (χ1) is 10.3. The summed E-state index contributed by atoms with van der Waals surface area (Å²) in [5.41, 5.74) is 0.922. The molecule has 0 bridgehead atoms. The maximum Gasteiger partial charge on any atom is 0.410 e. The van der Waals surface area contributed by atoms with Crippen LogP contribution in [0.1, 0.15) is 5.56 Å². The normalized spacial score (nSPS) is 14.4. The van der Waals surface area contributed by atoms with E-state index in [0.29, 0.717) is 19.0 Å². The smallest absolute Gasteiger partial charge is 0.410 e. The molecule has 7 nitrogen and oxygen atoms in total. The molecule has 2 aromatic rings. The molecular formula is C14H15N5O2. The second-order valence-electron chi connectivity index (χ2n) is 4.73. The van der Waals surface area contributed by atoms with Gasteiger partial charge >= 0.3 is 6.09 Å². The highest BCUT2D eigenvalue weighted by molar-refractivity contribution is 5.69. The van der Waals surface area contributed by atoms with Crippen molar-refractivity contribution in [1.29, 1.82) is 0 Å². The zero-order valence-corrected chi connectivity index (χ0v) is 11.3. The van der Waals surface area contributed by atoms with Gasteiger partial charge in [0.15, 0.2) is 0 Å². The standard InChI is InChI=1S/C14H15N5O2/c20-14(21-10-11-2-6-15-7-3-11)19-8-12(9-19)18-13-16-4-1-5-17-13/h1-7,12H,8-10H2,(H,16,17,18). The van der Waals surface area contributed by atoms with Crippen LogP contribution in [0.4, 0.5) is 10.7 Å². The number of anilines is 1. The fraction of sp³-hybridized carbons (Fsp3) is 0.286. The van der Waals surface area contributed by atoms with Crippen LogP contribution in [0.15, 0.2) is 43.0 Å². The van der Waals surface area contributed by atoms with Crippen LogP contribution in [0.5, 0.6) is 0 Å². The quantitative estimate of drug-likeness (QED) is 0.912. The lowest BCUT2D eigenvalue weighted by atomic mass is 10.1. The Kier molecular flexibility index (Phi) is 3.90. The monoisotopic (exact) mass is 285 g/mol. The van der Waals surface area contributed by atoms with Gasteiger partial charge in [-0.05, 0) is 23.8 Å². The summed E-state index contributed by atoms with van der Waals surface area (Å²) in [5, 5.41) is 3.16. The van der Waals surface area contributed by atoms with Crippen LogP contribution >= 0.6 is 0 Å². The third kappa shape index (κ3) is 3.44. The van der Waals surface area contributed by atoms with Gasteiger partial charge in [-0.25, -0.2) is 14.8 Å². The lowest BCUT2D eigenvalue weighted by Crippen LogP contribution is -2.57. The molecule has 0 atom stereocenters. The first-order valence-electron chi connectivity index (χ1n) is 6.65. The molecule has 0 radical (unpaired) electrons. The lowest BCUT2D eigenvalue weighted by Gasteiger charge is -2.38. The number of nitrogens with one attached hydrogen (secondary N) is 1. The van der Waals surface area contributed by atoms with Crippen molar-refractivity contribution < 1.29 is 9.53 Å². The highest BCUT2D eigenvalue weighted by Gasteiger charge is 2.32. The van der Waals surface area contributed by atoms with E-state index in [1.807, 2.05) is 12.1 Å². The van der Waals surface area contributed by atoms with E-state index in [4.69, 9.17) is 4.74 Å². The number of ether oxygens (including phenoxy) is 1. The summed E-state index contributed by atoms with van der Waals surface area (Å²) < 4.78 is 5.23. The van der Waals surface area contributed by atoms with E-state index in [2.05, 4.69) is 20.3 Å². The Morgan fingerprint density at radius 1 is 1.24 bits per heavy atom. The van der Waals surface area contributed by atoms with Crippen LogP contribution < -0.4 is 5.32 Å². The Morgan fingerprint density at radius 2 is 1.95 bits per heavy atom. The molecule has 1 aliphatic heterocycles. The van der Waals surface area contributed by atoms with Crippen LogP contribution in [-0.4, -0.2) is 45.1 Å². The predicted molar refractivity (Wildman–Crippen MR) is 75.4 cm³/mol. The minimum absolute atomic E-state index is 0.167. The fourth-order valence-corrected chi connectivity index (χ4v) is 1.99. The zero-order chi connectivity index (χ0) is 14.5. The Morgan fingerprint density at radius 3 is 2.67 bits per heavy atom. The van der Waals surface area contributed by atoms with E-state index in [1.54, 1.807) is 35.8 Å². The summed E-state index contributed by atoms with van der Waals surface area (Å²) in [4.78, 5) is 25.5.